The third-order valence-corrected chi connectivity index (χ3v) is 3.16. The van der Waals surface area contributed by atoms with Crippen LogP contribution in [0.4, 0.5) is 0 Å². The van der Waals surface area contributed by atoms with Crippen LogP contribution in [-0.2, 0) is 4.79 Å². The van der Waals surface area contributed by atoms with Crippen molar-refractivity contribution in [3.8, 4) is 11.5 Å². The van der Waals surface area contributed by atoms with Gasteiger partial charge >= 0.3 is 0 Å². The van der Waals surface area contributed by atoms with Crippen LogP contribution in [0.2, 0.25) is 0 Å². The van der Waals surface area contributed by atoms with Crippen LogP contribution in [0.15, 0.2) is 24.3 Å². The van der Waals surface area contributed by atoms with Crippen LogP contribution >= 0.6 is 0 Å². The highest BCUT2D eigenvalue weighted by atomic mass is 16.6. The molecule has 2 rings (SSSR count). The number of carbonyl (C=O) groups is 1. The molecular weight excluding hydrogens is 246 g/mol. The molecular formula is C14H19NO4. The summed E-state index contributed by atoms with van der Waals surface area (Å²) in [5.41, 5.74) is 0. The van der Waals surface area contributed by atoms with Crippen LogP contribution < -0.4 is 14.8 Å². The van der Waals surface area contributed by atoms with Crippen molar-refractivity contribution < 1.29 is 19.4 Å². The van der Waals surface area contributed by atoms with Crippen molar-refractivity contribution in [2.45, 2.75) is 38.5 Å². The van der Waals surface area contributed by atoms with Gasteiger partial charge in [-0.2, -0.15) is 0 Å². The van der Waals surface area contributed by atoms with Gasteiger partial charge in [0, 0.05) is 0 Å². The molecule has 1 amide bonds. The number of para-hydroxylation sites is 2. The van der Waals surface area contributed by atoms with E-state index in [2.05, 4.69) is 5.32 Å². The Kier molecular flexibility index (Phi) is 4.27. The molecule has 1 aliphatic rings. The summed E-state index contributed by atoms with van der Waals surface area (Å²) >= 11 is 0. The van der Waals surface area contributed by atoms with Crippen LogP contribution in [0.1, 0.15) is 20.3 Å². The first-order valence-corrected chi connectivity index (χ1v) is 6.49. The monoisotopic (exact) mass is 265 g/mol. The fourth-order valence-corrected chi connectivity index (χ4v) is 1.97. The zero-order chi connectivity index (χ0) is 13.8. The van der Waals surface area contributed by atoms with E-state index in [9.17, 15) is 4.79 Å². The molecule has 5 heteroatoms. The molecule has 0 fully saturated rings. The lowest BCUT2D eigenvalue weighted by atomic mass is 10.1. The third kappa shape index (κ3) is 2.98. The Labute approximate surface area is 112 Å². The average molecular weight is 265 g/mol. The maximum atomic E-state index is 12.1. The number of hydrogen-bond acceptors (Lipinski definition) is 4. The van der Waals surface area contributed by atoms with E-state index in [0.29, 0.717) is 17.9 Å². The summed E-state index contributed by atoms with van der Waals surface area (Å²) in [6.45, 7) is 3.61. The molecule has 19 heavy (non-hydrogen) atoms. The Bertz CT molecular complexity index is 445. The molecule has 0 aliphatic carbocycles. The molecule has 0 radical (unpaired) electrons. The normalized spacial score (nSPS) is 22.7. The molecule has 0 spiro atoms. The highest BCUT2D eigenvalue weighted by Crippen LogP contribution is 2.33. The summed E-state index contributed by atoms with van der Waals surface area (Å²) in [4.78, 5) is 12.1. The molecule has 1 heterocycles. The second-order valence-electron chi connectivity index (χ2n) is 4.60. The van der Waals surface area contributed by atoms with Crippen LogP contribution in [0.5, 0.6) is 11.5 Å². The smallest absolute Gasteiger partial charge is 0.265 e. The number of aliphatic hydroxyl groups is 1. The molecule has 3 atom stereocenters. The fourth-order valence-electron chi connectivity index (χ4n) is 1.97. The molecule has 1 aliphatic heterocycles. The first-order chi connectivity index (χ1) is 9.15. The molecule has 0 saturated carbocycles. The van der Waals surface area contributed by atoms with E-state index in [-0.39, 0.29) is 24.7 Å². The summed E-state index contributed by atoms with van der Waals surface area (Å²) in [5, 5.41) is 11.9. The van der Waals surface area contributed by atoms with E-state index in [4.69, 9.17) is 14.6 Å². The minimum Gasteiger partial charge on any atom is -0.482 e. The Morgan fingerprint density at radius 3 is 2.58 bits per heavy atom. The van der Waals surface area contributed by atoms with Gasteiger partial charge in [-0.25, -0.2) is 0 Å². The third-order valence-electron chi connectivity index (χ3n) is 3.16. The predicted molar refractivity (Wildman–Crippen MR) is 70.3 cm³/mol. The largest absolute Gasteiger partial charge is 0.482 e. The van der Waals surface area contributed by atoms with Gasteiger partial charge in [-0.05, 0) is 25.5 Å². The lowest BCUT2D eigenvalue weighted by Gasteiger charge is -2.31. The van der Waals surface area contributed by atoms with Crippen molar-refractivity contribution in [2.24, 2.45) is 0 Å². The quantitative estimate of drug-likeness (QED) is 0.855. The molecule has 0 saturated heterocycles. The summed E-state index contributed by atoms with van der Waals surface area (Å²) in [6, 6.07) is 7.01. The van der Waals surface area contributed by atoms with Crippen LogP contribution in [0.25, 0.3) is 0 Å². The standard InChI is InChI=1S/C14H19NO4/c1-3-10(8-16)15-14(17)13-9(2)18-11-6-4-5-7-12(11)19-13/h4-7,9-10,13,16H,3,8H2,1-2H3,(H,15,17)/t9?,10-,13?/m0/s1. The minimum absolute atomic E-state index is 0.0826. The van der Waals surface area contributed by atoms with E-state index < -0.39 is 6.10 Å². The van der Waals surface area contributed by atoms with E-state index in [1.165, 1.54) is 0 Å². The van der Waals surface area contributed by atoms with Gasteiger partial charge in [0.05, 0.1) is 12.6 Å². The van der Waals surface area contributed by atoms with E-state index in [0.717, 1.165) is 0 Å². The zero-order valence-corrected chi connectivity index (χ0v) is 11.1. The predicted octanol–water partition coefficient (Wildman–Crippen LogP) is 1.10. The van der Waals surface area contributed by atoms with Crippen molar-refractivity contribution in [1.82, 2.24) is 5.32 Å². The van der Waals surface area contributed by atoms with Crippen molar-refractivity contribution in [1.29, 1.82) is 0 Å². The van der Waals surface area contributed by atoms with Gasteiger partial charge in [-0.1, -0.05) is 19.1 Å². The molecule has 5 nitrogen and oxygen atoms in total. The van der Waals surface area contributed by atoms with E-state index in [1.807, 2.05) is 25.1 Å². The minimum atomic E-state index is -0.699. The lowest BCUT2D eigenvalue weighted by Crippen LogP contribution is -2.52. The van der Waals surface area contributed by atoms with Crippen LogP contribution in [0, 0.1) is 0 Å². The number of nitrogens with one attached hydrogen (secondary N) is 1. The average Bonchev–Trinajstić information content (AvgIpc) is 2.43. The lowest BCUT2D eigenvalue weighted by molar-refractivity contribution is -0.134. The SMILES string of the molecule is CC[C@@H](CO)NC(=O)C1Oc2ccccc2OC1C. The number of benzene rings is 1. The van der Waals surface area contributed by atoms with Gasteiger partial charge in [-0.3, -0.25) is 4.79 Å². The molecule has 1 aromatic carbocycles. The van der Waals surface area contributed by atoms with Gasteiger partial charge in [0.1, 0.15) is 6.10 Å². The molecule has 2 N–H and O–H groups in total. The number of amides is 1. The number of carbonyl (C=O) groups excluding carboxylic acids is 1. The van der Waals surface area contributed by atoms with Crippen molar-refractivity contribution in [2.75, 3.05) is 6.61 Å². The molecule has 0 bridgehead atoms. The Morgan fingerprint density at radius 2 is 2.00 bits per heavy atom. The maximum Gasteiger partial charge on any atom is 0.265 e. The van der Waals surface area contributed by atoms with Gasteiger partial charge in [0.2, 0.25) is 6.10 Å². The fraction of sp³-hybridized carbons (Fsp3) is 0.500. The highest BCUT2D eigenvalue weighted by molar-refractivity contribution is 5.82. The Balaban J connectivity index is 2.07. The first kappa shape index (κ1) is 13.7. The first-order valence-electron chi connectivity index (χ1n) is 6.49. The molecule has 2 unspecified atom stereocenters. The number of aliphatic hydroxyl groups excluding tert-OH is 1. The second kappa shape index (κ2) is 5.93. The van der Waals surface area contributed by atoms with Crippen molar-refractivity contribution >= 4 is 5.91 Å². The summed E-state index contributed by atoms with van der Waals surface area (Å²) in [5.74, 6) is 0.953. The number of fused-ring (bicyclic) bond motifs is 1. The van der Waals surface area contributed by atoms with E-state index in [1.54, 1.807) is 13.0 Å². The van der Waals surface area contributed by atoms with Crippen LogP contribution in [0.3, 0.4) is 0 Å². The van der Waals surface area contributed by atoms with E-state index >= 15 is 0 Å². The second-order valence-corrected chi connectivity index (χ2v) is 4.60. The van der Waals surface area contributed by atoms with Crippen LogP contribution in [-0.4, -0.2) is 35.9 Å². The van der Waals surface area contributed by atoms with Crippen molar-refractivity contribution in [3.05, 3.63) is 24.3 Å². The highest BCUT2D eigenvalue weighted by Gasteiger charge is 2.34. The maximum absolute atomic E-state index is 12.1. The Hall–Kier alpha value is -1.75. The molecule has 0 aromatic heterocycles. The van der Waals surface area contributed by atoms with Gasteiger partial charge < -0.3 is 19.9 Å². The molecule has 104 valence electrons. The van der Waals surface area contributed by atoms with Gasteiger partial charge in [0.15, 0.2) is 11.5 Å². The zero-order valence-electron chi connectivity index (χ0n) is 11.1. The number of ether oxygens (including phenoxy) is 2. The van der Waals surface area contributed by atoms with Gasteiger partial charge in [-0.15, -0.1) is 0 Å². The number of hydrogen-bond donors (Lipinski definition) is 2. The van der Waals surface area contributed by atoms with Crippen molar-refractivity contribution in [3.63, 3.8) is 0 Å². The topological polar surface area (TPSA) is 67.8 Å². The summed E-state index contributed by atoms with van der Waals surface area (Å²) < 4.78 is 11.3. The molecule has 1 aromatic rings. The Morgan fingerprint density at radius 1 is 1.37 bits per heavy atom. The summed E-state index contributed by atoms with van der Waals surface area (Å²) in [7, 11) is 0. The summed E-state index contributed by atoms with van der Waals surface area (Å²) in [6.07, 6.45) is -0.401. The number of rotatable bonds is 4. The van der Waals surface area contributed by atoms with Gasteiger partial charge in [0.25, 0.3) is 5.91 Å².